The van der Waals surface area contributed by atoms with Gasteiger partial charge in [0.2, 0.25) is 0 Å². The van der Waals surface area contributed by atoms with E-state index in [1.54, 1.807) is 12.1 Å². The molecule has 2 rings (SSSR count). The lowest BCUT2D eigenvalue weighted by Crippen LogP contribution is -2.49. The van der Waals surface area contributed by atoms with Crippen molar-refractivity contribution in [3.63, 3.8) is 0 Å². The third-order valence-electron chi connectivity index (χ3n) is 3.55. The average Bonchev–Trinajstić information content (AvgIpc) is 2.46. The standard InChI is InChI=1S/C14H19F3N2O2.ClH/c1-20-11-5-3-4-10(12(11)21-2)13(14(15,16)17)19-8-6-18-7-9-19;/h3-5,13,18H,6-9H2,1-2H3;1H/t13-;/m1./s1. The summed E-state index contributed by atoms with van der Waals surface area (Å²) < 4.78 is 51.0. The van der Waals surface area contributed by atoms with Crippen LogP contribution >= 0.6 is 12.4 Å². The maximum Gasteiger partial charge on any atom is 0.408 e. The highest BCUT2D eigenvalue weighted by Crippen LogP contribution is 2.44. The first kappa shape index (κ1) is 18.9. The summed E-state index contributed by atoms with van der Waals surface area (Å²) >= 11 is 0. The van der Waals surface area contributed by atoms with Gasteiger partial charge in [-0.2, -0.15) is 13.2 Å². The van der Waals surface area contributed by atoms with Crippen LogP contribution in [0.3, 0.4) is 0 Å². The Morgan fingerprint density at radius 2 is 1.77 bits per heavy atom. The number of nitrogens with zero attached hydrogens (tertiary/aromatic N) is 1. The molecule has 1 saturated heterocycles. The van der Waals surface area contributed by atoms with E-state index in [4.69, 9.17) is 9.47 Å². The van der Waals surface area contributed by atoms with Gasteiger partial charge in [-0.3, -0.25) is 4.90 Å². The highest BCUT2D eigenvalue weighted by atomic mass is 35.5. The van der Waals surface area contributed by atoms with Gasteiger partial charge in [0.05, 0.1) is 14.2 Å². The first-order chi connectivity index (χ1) is 9.99. The lowest BCUT2D eigenvalue weighted by Gasteiger charge is -2.36. The highest BCUT2D eigenvalue weighted by Gasteiger charge is 2.46. The summed E-state index contributed by atoms with van der Waals surface area (Å²) in [5.41, 5.74) is 0.0891. The van der Waals surface area contributed by atoms with Crippen LogP contribution < -0.4 is 14.8 Å². The molecule has 22 heavy (non-hydrogen) atoms. The van der Waals surface area contributed by atoms with Crippen LogP contribution in [0.25, 0.3) is 0 Å². The zero-order chi connectivity index (χ0) is 15.5. The molecule has 1 aromatic rings. The van der Waals surface area contributed by atoms with E-state index < -0.39 is 12.2 Å². The van der Waals surface area contributed by atoms with Gasteiger partial charge >= 0.3 is 6.18 Å². The van der Waals surface area contributed by atoms with E-state index >= 15 is 0 Å². The molecule has 1 N–H and O–H groups in total. The minimum absolute atomic E-state index is 0. The summed E-state index contributed by atoms with van der Waals surface area (Å²) in [6.45, 7) is 1.76. The topological polar surface area (TPSA) is 33.7 Å². The number of methoxy groups -OCH3 is 2. The Kier molecular flexibility index (Phi) is 6.77. The molecule has 0 amide bonds. The fraction of sp³-hybridized carbons (Fsp3) is 0.571. The second-order valence-corrected chi connectivity index (χ2v) is 4.81. The van der Waals surface area contributed by atoms with Gasteiger partial charge in [0.1, 0.15) is 6.04 Å². The molecule has 0 spiro atoms. The average molecular weight is 341 g/mol. The zero-order valence-corrected chi connectivity index (χ0v) is 13.3. The highest BCUT2D eigenvalue weighted by molar-refractivity contribution is 5.85. The van der Waals surface area contributed by atoms with Gasteiger partial charge in [-0.05, 0) is 6.07 Å². The predicted octanol–water partition coefficient (Wildman–Crippen LogP) is 2.63. The van der Waals surface area contributed by atoms with Crippen molar-refractivity contribution in [1.29, 1.82) is 0 Å². The predicted molar refractivity (Wildman–Crippen MR) is 80.0 cm³/mol. The summed E-state index contributed by atoms with van der Waals surface area (Å²) in [5.74, 6) is 0.445. The minimum Gasteiger partial charge on any atom is -0.493 e. The van der Waals surface area contributed by atoms with Gasteiger partial charge in [-0.15, -0.1) is 12.4 Å². The lowest BCUT2D eigenvalue weighted by molar-refractivity contribution is -0.188. The first-order valence-electron chi connectivity index (χ1n) is 6.71. The smallest absolute Gasteiger partial charge is 0.408 e. The quantitative estimate of drug-likeness (QED) is 0.913. The van der Waals surface area contributed by atoms with Crippen molar-refractivity contribution in [3.8, 4) is 11.5 Å². The van der Waals surface area contributed by atoms with Crippen LogP contribution in [0.15, 0.2) is 18.2 Å². The van der Waals surface area contributed by atoms with Crippen molar-refractivity contribution in [2.24, 2.45) is 0 Å². The number of ether oxygens (including phenoxy) is 2. The Morgan fingerprint density at radius 1 is 1.14 bits per heavy atom. The van der Waals surface area contributed by atoms with Crippen molar-refractivity contribution >= 4 is 12.4 Å². The van der Waals surface area contributed by atoms with E-state index in [-0.39, 0.29) is 23.7 Å². The van der Waals surface area contributed by atoms with Crippen LogP contribution in [0.2, 0.25) is 0 Å². The van der Waals surface area contributed by atoms with Crippen LogP contribution in [0.1, 0.15) is 11.6 Å². The third-order valence-corrected chi connectivity index (χ3v) is 3.55. The van der Waals surface area contributed by atoms with Crippen molar-refractivity contribution in [2.75, 3.05) is 40.4 Å². The van der Waals surface area contributed by atoms with Gasteiger partial charge in [0.25, 0.3) is 0 Å². The van der Waals surface area contributed by atoms with E-state index in [1.807, 2.05) is 0 Å². The summed E-state index contributed by atoms with van der Waals surface area (Å²) in [4.78, 5) is 1.42. The van der Waals surface area contributed by atoms with E-state index in [1.165, 1.54) is 25.2 Å². The molecular formula is C14H20ClF3N2O2. The van der Waals surface area contributed by atoms with E-state index in [2.05, 4.69) is 5.32 Å². The molecule has 0 saturated carbocycles. The number of hydrogen-bond acceptors (Lipinski definition) is 4. The SMILES string of the molecule is COc1cccc([C@@H](N2CCNCC2)C(F)(F)F)c1OC.Cl. The molecule has 1 heterocycles. The summed E-state index contributed by atoms with van der Waals surface area (Å²) in [7, 11) is 2.77. The van der Waals surface area contributed by atoms with Crippen LogP contribution in [-0.2, 0) is 0 Å². The number of hydrogen-bond donors (Lipinski definition) is 1. The molecule has 1 aliphatic heterocycles. The van der Waals surface area contributed by atoms with Crippen LogP contribution in [0.4, 0.5) is 13.2 Å². The third kappa shape index (κ3) is 3.97. The van der Waals surface area contributed by atoms with Gasteiger partial charge < -0.3 is 14.8 Å². The number of para-hydroxylation sites is 1. The second-order valence-electron chi connectivity index (χ2n) is 4.81. The van der Waals surface area contributed by atoms with E-state index in [9.17, 15) is 13.2 Å². The molecule has 4 nitrogen and oxygen atoms in total. The van der Waals surface area contributed by atoms with Crippen molar-refractivity contribution in [2.45, 2.75) is 12.2 Å². The molecule has 0 radical (unpaired) electrons. The van der Waals surface area contributed by atoms with Crippen molar-refractivity contribution in [3.05, 3.63) is 23.8 Å². The second kappa shape index (κ2) is 7.89. The molecule has 0 unspecified atom stereocenters. The Morgan fingerprint density at radius 3 is 2.27 bits per heavy atom. The Labute approximate surface area is 134 Å². The van der Waals surface area contributed by atoms with Crippen LogP contribution in [0, 0.1) is 0 Å². The first-order valence-corrected chi connectivity index (χ1v) is 6.71. The molecule has 1 fully saturated rings. The Bertz CT molecular complexity index is 480. The van der Waals surface area contributed by atoms with Crippen molar-refractivity contribution in [1.82, 2.24) is 10.2 Å². The molecule has 1 aliphatic rings. The number of nitrogens with one attached hydrogen (secondary N) is 1. The zero-order valence-electron chi connectivity index (χ0n) is 12.4. The maximum absolute atomic E-state index is 13.6. The van der Waals surface area contributed by atoms with Crippen LogP contribution in [0.5, 0.6) is 11.5 Å². The Balaban J connectivity index is 0.00000242. The molecule has 1 atom stereocenters. The minimum atomic E-state index is -4.38. The fourth-order valence-electron chi connectivity index (χ4n) is 2.65. The Hall–Kier alpha value is -1.18. The molecule has 0 aromatic heterocycles. The molecule has 0 aliphatic carbocycles. The monoisotopic (exact) mass is 340 g/mol. The summed E-state index contributed by atoms with van der Waals surface area (Å²) in [5, 5.41) is 3.06. The fourth-order valence-corrected chi connectivity index (χ4v) is 2.65. The number of benzene rings is 1. The maximum atomic E-state index is 13.6. The number of halogens is 4. The van der Waals surface area contributed by atoms with Gasteiger partial charge in [-0.1, -0.05) is 12.1 Å². The number of rotatable bonds is 4. The summed E-state index contributed by atoms with van der Waals surface area (Å²) in [6, 6.07) is 2.90. The van der Waals surface area contributed by atoms with Gasteiger partial charge in [-0.25, -0.2) is 0 Å². The van der Waals surface area contributed by atoms with Crippen molar-refractivity contribution < 1.29 is 22.6 Å². The normalized spacial score (nSPS) is 17.5. The molecule has 126 valence electrons. The van der Waals surface area contributed by atoms with E-state index in [0.29, 0.717) is 31.9 Å². The van der Waals surface area contributed by atoms with Crippen LogP contribution in [-0.4, -0.2) is 51.5 Å². The molecule has 1 aromatic carbocycles. The number of piperazine rings is 1. The lowest BCUT2D eigenvalue weighted by atomic mass is 10.0. The summed E-state index contributed by atoms with van der Waals surface area (Å²) in [6.07, 6.45) is -4.38. The molecule has 8 heteroatoms. The van der Waals surface area contributed by atoms with Gasteiger partial charge in [0.15, 0.2) is 11.5 Å². The molecular weight excluding hydrogens is 321 g/mol. The molecule has 0 bridgehead atoms. The van der Waals surface area contributed by atoms with E-state index in [0.717, 1.165) is 0 Å². The largest absolute Gasteiger partial charge is 0.493 e. The number of alkyl halides is 3. The van der Waals surface area contributed by atoms with Gasteiger partial charge in [0, 0.05) is 31.7 Å².